The lowest BCUT2D eigenvalue weighted by Gasteiger charge is -2.45. The predicted octanol–water partition coefficient (Wildman–Crippen LogP) is 1.08. The van der Waals surface area contributed by atoms with Gasteiger partial charge in [-0.25, -0.2) is 19.4 Å². The molecule has 4 rings (SSSR count). The summed E-state index contributed by atoms with van der Waals surface area (Å²) in [5.41, 5.74) is 0.0128. The third-order valence-electron chi connectivity index (χ3n) is 6.08. The van der Waals surface area contributed by atoms with Crippen LogP contribution in [0.5, 0.6) is 23.0 Å². The summed E-state index contributed by atoms with van der Waals surface area (Å²) in [5, 5.41) is 40.8. The normalized spacial score (nSPS) is 27.4. The van der Waals surface area contributed by atoms with Gasteiger partial charge >= 0.3 is 11.9 Å². The Morgan fingerprint density at radius 3 is 1.50 bits per heavy atom. The molecule has 6 unspecified atom stereocenters. The van der Waals surface area contributed by atoms with Gasteiger partial charge in [-0.15, -0.1) is 0 Å². The van der Waals surface area contributed by atoms with Crippen LogP contribution in [-0.4, -0.2) is 83.2 Å². The number of phenolic OH excluding ortho intramolecular Hbond substituents is 2. The Morgan fingerprint density at radius 2 is 1.14 bits per heavy atom. The Hall–Kier alpha value is -3.58. The van der Waals surface area contributed by atoms with E-state index < -0.39 is 48.6 Å². The molecule has 0 saturated carbocycles. The number of aliphatic hydroxyl groups is 2. The van der Waals surface area contributed by atoms with Crippen molar-refractivity contribution in [2.45, 2.75) is 49.5 Å². The molecule has 2 bridgehead atoms. The number of methoxy groups -OCH3 is 2. The van der Waals surface area contributed by atoms with Crippen molar-refractivity contribution < 1.29 is 58.7 Å². The van der Waals surface area contributed by atoms with E-state index in [4.69, 9.17) is 28.7 Å². The lowest BCUT2D eigenvalue weighted by molar-refractivity contribution is -0.436. The number of rotatable bonds is 6. The van der Waals surface area contributed by atoms with E-state index in [1.165, 1.54) is 50.6 Å². The summed E-state index contributed by atoms with van der Waals surface area (Å²) in [5.74, 6) is -2.09. The van der Waals surface area contributed by atoms with Crippen LogP contribution >= 0.6 is 0 Å². The van der Waals surface area contributed by atoms with Crippen molar-refractivity contribution in [2.24, 2.45) is 0 Å². The number of aromatic hydroxyl groups is 2. The lowest BCUT2D eigenvalue weighted by Crippen LogP contribution is -2.63. The first-order valence-electron chi connectivity index (χ1n) is 11.1. The topological polar surface area (TPSA) is 170 Å². The third-order valence-corrected chi connectivity index (χ3v) is 6.08. The van der Waals surface area contributed by atoms with E-state index in [1.54, 1.807) is 0 Å². The van der Waals surface area contributed by atoms with E-state index in [-0.39, 0.29) is 47.0 Å². The fourth-order valence-corrected chi connectivity index (χ4v) is 4.11. The molecule has 2 saturated heterocycles. The summed E-state index contributed by atoms with van der Waals surface area (Å²) >= 11 is 0. The molecule has 12 heteroatoms. The van der Waals surface area contributed by atoms with Crippen LogP contribution in [0.1, 0.15) is 33.6 Å². The minimum Gasteiger partial charge on any atom is -0.504 e. The van der Waals surface area contributed by atoms with E-state index in [0.717, 1.165) is 0 Å². The smallest absolute Gasteiger partial charge is 0.338 e. The summed E-state index contributed by atoms with van der Waals surface area (Å²) in [6.45, 7) is 0. The van der Waals surface area contributed by atoms with E-state index in [2.05, 4.69) is 0 Å². The Morgan fingerprint density at radius 1 is 0.750 bits per heavy atom. The van der Waals surface area contributed by atoms with Crippen LogP contribution in [0.3, 0.4) is 0 Å². The first-order chi connectivity index (χ1) is 17.2. The maximum Gasteiger partial charge on any atom is 0.338 e. The quantitative estimate of drug-likeness (QED) is 0.325. The molecule has 2 aromatic carbocycles. The lowest BCUT2D eigenvalue weighted by atomic mass is 9.87. The Labute approximate surface area is 205 Å². The van der Waals surface area contributed by atoms with Gasteiger partial charge in [0.2, 0.25) is 0 Å². The van der Waals surface area contributed by atoms with Crippen LogP contribution in [0.15, 0.2) is 36.4 Å². The zero-order valence-corrected chi connectivity index (χ0v) is 19.4. The molecule has 6 atom stereocenters. The number of hydrogen-bond acceptors (Lipinski definition) is 12. The second-order valence-electron chi connectivity index (χ2n) is 8.35. The van der Waals surface area contributed by atoms with E-state index >= 15 is 0 Å². The predicted molar refractivity (Wildman–Crippen MR) is 119 cm³/mol. The largest absolute Gasteiger partial charge is 0.504 e. The molecule has 194 valence electrons. The zero-order valence-electron chi connectivity index (χ0n) is 19.4. The molecule has 2 aromatic rings. The molecule has 0 amide bonds. The summed E-state index contributed by atoms with van der Waals surface area (Å²) < 4.78 is 21.3. The molecular weight excluding hydrogens is 480 g/mol. The summed E-state index contributed by atoms with van der Waals surface area (Å²) in [6, 6.07) is 7.60. The highest BCUT2D eigenvalue weighted by molar-refractivity contribution is 5.91. The molecule has 0 aromatic heterocycles. The van der Waals surface area contributed by atoms with Gasteiger partial charge in [-0.1, -0.05) is 0 Å². The SMILES string of the molecule is COc1cc(C(=O)OC2C3OOC(C(O)CCC3O)C2OC(=O)c2ccc(O)c(OC)c2)ccc1O. The van der Waals surface area contributed by atoms with E-state index in [0.29, 0.717) is 0 Å². The third kappa shape index (κ3) is 5.02. The van der Waals surface area contributed by atoms with Crippen molar-refractivity contribution >= 4 is 11.9 Å². The standard InChI is InChI=1S/C24H26O12/c1-31-17-9-11(3-5-13(17)25)23(29)33-21-19-15(27)7-8-16(28)20(36-35-19)22(21)34-24(30)12-4-6-14(26)18(10-12)32-2/h3-6,9-10,15-16,19-22,25-28H,7-8H2,1-2H3. The van der Waals surface area contributed by atoms with Gasteiger partial charge in [0.15, 0.2) is 47.4 Å². The fourth-order valence-electron chi connectivity index (χ4n) is 4.11. The number of ether oxygens (including phenoxy) is 4. The van der Waals surface area contributed by atoms with Gasteiger partial charge in [0.1, 0.15) is 0 Å². The summed E-state index contributed by atoms with van der Waals surface area (Å²) in [6.07, 6.45) is -7.42. The highest BCUT2D eigenvalue weighted by atomic mass is 17.2. The van der Waals surface area contributed by atoms with Gasteiger partial charge in [0.25, 0.3) is 0 Å². The van der Waals surface area contributed by atoms with Gasteiger partial charge in [0.05, 0.1) is 37.6 Å². The highest BCUT2D eigenvalue weighted by Gasteiger charge is 2.53. The maximum atomic E-state index is 13.0. The van der Waals surface area contributed by atoms with Crippen LogP contribution in [0, 0.1) is 0 Å². The van der Waals surface area contributed by atoms with Gasteiger partial charge < -0.3 is 39.4 Å². The molecule has 36 heavy (non-hydrogen) atoms. The number of benzene rings is 2. The first-order valence-corrected chi connectivity index (χ1v) is 11.1. The zero-order chi connectivity index (χ0) is 26.0. The van der Waals surface area contributed by atoms with Crippen LogP contribution in [0.4, 0.5) is 0 Å². The second kappa shape index (κ2) is 10.6. The number of aliphatic hydroxyl groups excluding tert-OH is 2. The highest BCUT2D eigenvalue weighted by Crippen LogP contribution is 2.35. The molecule has 2 fully saturated rings. The molecule has 12 nitrogen and oxygen atoms in total. The molecule has 2 aliphatic rings. The number of esters is 2. The van der Waals surface area contributed by atoms with Crippen molar-refractivity contribution in [3.8, 4) is 23.0 Å². The molecular formula is C24H26O12. The van der Waals surface area contributed by atoms with Crippen molar-refractivity contribution in [1.82, 2.24) is 0 Å². The molecule has 0 radical (unpaired) electrons. The Kier molecular flexibility index (Phi) is 7.50. The van der Waals surface area contributed by atoms with Gasteiger partial charge in [-0.05, 0) is 49.2 Å². The molecule has 0 aliphatic carbocycles. The van der Waals surface area contributed by atoms with E-state index in [1.807, 2.05) is 0 Å². The van der Waals surface area contributed by atoms with Gasteiger partial charge in [-0.2, -0.15) is 0 Å². The fraction of sp³-hybridized carbons (Fsp3) is 0.417. The minimum atomic E-state index is -1.37. The van der Waals surface area contributed by atoms with Crippen molar-refractivity contribution in [3.05, 3.63) is 47.5 Å². The number of carbonyl (C=O) groups is 2. The van der Waals surface area contributed by atoms with Crippen molar-refractivity contribution in [3.63, 3.8) is 0 Å². The Balaban J connectivity index is 1.64. The van der Waals surface area contributed by atoms with Crippen LogP contribution in [-0.2, 0) is 19.2 Å². The average molecular weight is 506 g/mol. The molecule has 0 spiro atoms. The summed E-state index contributed by atoms with van der Waals surface area (Å²) in [4.78, 5) is 36.5. The number of fused-ring (bicyclic) bond motifs is 3. The van der Waals surface area contributed by atoms with Crippen molar-refractivity contribution in [1.29, 1.82) is 0 Å². The Bertz CT molecular complexity index is 1030. The minimum absolute atomic E-state index is 0.00638. The second-order valence-corrected chi connectivity index (χ2v) is 8.35. The number of phenols is 2. The monoisotopic (exact) mass is 506 g/mol. The molecule has 2 aliphatic heterocycles. The van der Waals surface area contributed by atoms with Crippen LogP contribution in [0.2, 0.25) is 0 Å². The maximum absolute atomic E-state index is 13.0. The number of hydrogen-bond donors (Lipinski definition) is 4. The molecule has 2 heterocycles. The van der Waals surface area contributed by atoms with Crippen LogP contribution < -0.4 is 9.47 Å². The molecule has 4 N–H and O–H groups in total. The van der Waals surface area contributed by atoms with Gasteiger partial charge in [0, 0.05) is 0 Å². The number of carbonyl (C=O) groups excluding carboxylic acids is 2. The first kappa shape index (κ1) is 25.5. The summed E-state index contributed by atoms with van der Waals surface area (Å²) in [7, 11) is 2.63. The van der Waals surface area contributed by atoms with E-state index in [9.17, 15) is 30.0 Å². The average Bonchev–Trinajstić information content (AvgIpc) is 2.87. The van der Waals surface area contributed by atoms with Gasteiger partial charge in [-0.3, -0.25) is 0 Å². The van der Waals surface area contributed by atoms with Crippen molar-refractivity contribution in [2.75, 3.05) is 14.2 Å². The van der Waals surface area contributed by atoms with Crippen LogP contribution in [0.25, 0.3) is 0 Å².